The number of hydrogen-bond donors (Lipinski definition) is 14. The number of rotatable bonds is 16. The molecule has 0 saturated carbocycles. The molecule has 14 N–H and O–H groups in total. The summed E-state index contributed by atoms with van der Waals surface area (Å²) in [5, 5.41) is 117. The van der Waals surface area contributed by atoms with Crippen molar-refractivity contribution in [1.82, 2.24) is 0 Å². The van der Waals surface area contributed by atoms with Gasteiger partial charge in [-0.3, -0.25) is 25.7 Å². The molecular weight excluding hydrogens is 1710 g/mol. The van der Waals surface area contributed by atoms with Crippen molar-refractivity contribution in [2.45, 2.75) is 398 Å². The van der Waals surface area contributed by atoms with Crippen molar-refractivity contribution < 1.29 is 151 Å². The van der Waals surface area contributed by atoms with Gasteiger partial charge in [-0.1, -0.05) is 241 Å². The number of aliphatic hydroxyl groups excluding tert-OH is 14. The monoisotopic (exact) mass is 1890 g/mol. The molecule has 3 radical (unpaired) electrons. The Morgan fingerprint density at radius 3 is 0.308 bits per heavy atom. The van der Waals surface area contributed by atoms with Crippen molar-refractivity contribution in [2.24, 2.45) is 0 Å². The van der Waals surface area contributed by atoms with E-state index in [2.05, 4.69) is 0 Å². The van der Waals surface area contributed by atoms with Gasteiger partial charge in [-0.25, -0.2) is 0 Å². The number of Topliss-reactive ketones (excluding diaryl/α,β-unsaturated/α-hetero) is 4. The minimum atomic E-state index is -0.500. The van der Waals surface area contributed by atoms with Gasteiger partial charge in [-0.2, -0.15) is 0 Å². The molecule has 21 heteroatoms. The summed E-state index contributed by atoms with van der Waals surface area (Å²) in [6.45, 7) is 73.1. The van der Waals surface area contributed by atoms with Crippen molar-refractivity contribution in [1.29, 1.82) is 0 Å². The molecule has 0 fully saturated rings. The van der Waals surface area contributed by atoms with Crippen LogP contribution in [0.3, 0.4) is 0 Å². The van der Waals surface area contributed by atoms with Crippen LogP contribution >= 0.6 is 0 Å². The molecule has 0 saturated heterocycles. The summed E-state index contributed by atoms with van der Waals surface area (Å²) in [4.78, 5) is 39.9. The van der Waals surface area contributed by atoms with E-state index in [1.807, 2.05) is 166 Å². The SMILES string of the molecule is C.C.C.CC.CC.CC.CC.CC.CC.CC.CC.CC.CC.CC.CC.CC(=O)[CH-]C(C)=O.CC(=O)[CH-]C(C)=O.CO.CO.C[C@@H](O)C[C@@H](C)O.C[C@@H](O)C[C@@H](C)O.C[C@@H](O)[CH-][C@@H](C)O.C[C@H](O)C[C@H](C)O.C[C@H](O)C[C@H](C)O.C[C@H](O)[CH-][C@H](C)O.[CH3-].[Ir].[Ir].[Ir]. The van der Waals surface area contributed by atoms with Crippen LogP contribution in [0.15, 0.2) is 0 Å². The summed E-state index contributed by atoms with van der Waals surface area (Å²) in [5.41, 5.74) is 0. The topological polar surface area (TPSA) is 352 Å². The third-order valence-electron chi connectivity index (χ3n) is 4.66. The number of aliphatic hydroxyl groups is 14. The van der Waals surface area contributed by atoms with E-state index in [1.165, 1.54) is 40.5 Å². The van der Waals surface area contributed by atoms with Gasteiger partial charge in [-0.05, 0) is 109 Å². The van der Waals surface area contributed by atoms with Crippen LogP contribution in [0.25, 0.3) is 0 Å². The molecule has 0 unspecified atom stereocenters. The standard InChI is InChI=1S/4C5H12O2.2C5H11O2.2C5H7O2.12C2H6.2CH4O.3CH4.CH3.3Ir/c8*1-4(6)3-5(2)7;14*1-2;;;;;;;/h4*4-7H,3H2,1-2H3;2*3-7H,1-2H3;2*3H,1-2H3;12*1-2H3;2*2H,1H3;3*1H4;1H3;;;/q;;;;4*-1;;;;;;;;;;;;;;;;;;-1;;;/t6*4-,5-;;;;;;;;;;;;;;;;;;;;;;;/m110010......................./s1. The first-order valence-corrected chi connectivity index (χ1v) is 31.5. The van der Waals surface area contributed by atoms with E-state index in [1.54, 1.807) is 83.1 Å². The van der Waals surface area contributed by atoms with Crippen LogP contribution in [0.4, 0.5) is 0 Å². The summed E-state index contributed by atoms with van der Waals surface area (Å²) in [5.74, 6) is -0.750. The van der Waals surface area contributed by atoms with Gasteiger partial charge in [0.1, 0.15) is 0 Å². The third kappa shape index (κ3) is 684. The fraction of sp³-hybridized carbons (Fsp3) is 0.871. The van der Waals surface area contributed by atoms with E-state index in [4.69, 9.17) is 71.5 Å². The molecule has 0 aromatic rings. The summed E-state index contributed by atoms with van der Waals surface area (Å²) >= 11 is 0. The van der Waals surface area contributed by atoms with Gasteiger partial charge in [0.05, 0.1) is 48.8 Å². The quantitative estimate of drug-likeness (QED) is 0.0504. The normalized spacial score (nSPS) is 10.8. The van der Waals surface area contributed by atoms with Crippen LogP contribution < -0.4 is 0 Å². The van der Waals surface area contributed by atoms with Crippen molar-refractivity contribution in [3.63, 3.8) is 0 Å². The van der Waals surface area contributed by atoms with Crippen LogP contribution in [-0.2, 0) is 79.5 Å². The summed E-state index contributed by atoms with van der Waals surface area (Å²) in [6, 6.07) is 0. The Labute approximate surface area is 615 Å². The number of ketones is 4. The van der Waals surface area contributed by atoms with Gasteiger partial charge in [0, 0.05) is 97.7 Å². The zero-order valence-corrected chi connectivity index (χ0v) is 73.1. The minimum Gasteiger partial charge on any atom is -0.425 e. The van der Waals surface area contributed by atoms with E-state index in [-0.39, 0.29) is 162 Å². The molecule has 18 nitrogen and oxygen atoms in total. The van der Waals surface area contributed by atoms with E-state index in [9.17, 15) is 19.2 Å². The maximum absolute atomic E-state index is 9.98. The molecule has 0 amide bonds. The molecular formula is C70H179Ir3O18-5. The van der Waals surface area contributed by atoms with Gasteiger partial charge >= 0.3 is 0 Å². The molecule has 0 spiro atoms. The van der Waals surface area contributed by atoms with Crippen LogP contribution in [0.2, 0.25) is 0 Å². The largest absolute Gasteiger partial charge is 0.425 e. The molecule has 0 aliphatic rings. The van der Waals surface area contributed by atoms with Gasteiger partial charge in [0.15, 0.2) is 0 Å². The first-order chi connectivity index (χ1) is 39.0. The average Bonchev–Trinajstić information content (AvgIpc) is 3.40. The van der Waals surface area contributed by atoms with E-state index >= 15 is 0 Å². The predicted octanol–water partition coefficient (Wildman–Crippen LogP) is 15.1. The molecule has 0 aliphatic heterocycles. The van der Waals surface area contributed by atoms with Gasteiger partial charge in [-0.15, -0.1) is 0 Å². The second-order valence-electron chi connectivity index (χ2n) is 13.8. The zero-order chi connectivity index (χ0) is 74.9. The minimum absolute atomic E-state index is 0. The molecule has 599 valence electrons. The van der Waals surface area contributed by atoms with Crippen molar-refractivity contribution >= 4 is 23.1 Å². The van der Waals surface area contributed by atoms with Crippen molar-refractivity contribution in [3.8, 4) is 0 Å². The fourth-order valence-electron chi connectivity index (χ4n) is 3.35. The van der Waals surface area contributed by atoms with E-state index < -0.39 is 24.4 Å². The first-order valence-electron chi connectivity index (χ1n) is 31.5. The van der Waals surface area contributed by atoms with Crippen LogP contribution in [0.1, 0.15) is 325 Å². The molecule has 0 bridgehead atoms. The molecule has 0 heterocycles. The Bertz CT molecular complexity index is 677. The van der Waals surface area contributed by atoms with Crippen LogP contribution in [0.5, 0.6) is 0 Å². The Morgan fingerprint density at radius 2 is 0.308 bits per heavy atom. The number of carbonyl (C=O) groups is 4. The van der Waals surface area contributed by atoms with Gasteiger partial charge < -0.3 is 98.1 Å². The molecule has 0 aromatic carbocycles. The second-order valence-corrected chi connectivity index (χ2v) is 13.8. The van der Waals surface area contributed by atoms with Crippen LogP contribution in [0, 0.1) is 33.1 Å². The van der Waals surface area contributed by atoms with E-state index in [0.717, 1.165) is 27.1 Å². The second kappa shape index (κ2) is 227. The van der Waals surface area contributed by atoms with Crippen molar-refractivity contribution in [3.05, 3.63) is 33.1 Å². The van der Waals surface area contributed by atoms with E-state index in [0.29, 0.717) is 25.7 Å². The average molecular weight is 1890 g/mol. The third-order valence-corrected chi connectivity index (χ3v) is 4.66. The molecule has 91 heavy (non-hydrogen) atoms. The maximum Gasteiger partial charge on any atom is 0.0536 e. The molecule has 0 aliphatic carbocycles. The Hall–Kier alpha value is -0.192. The maximum atomic E-state index is 9.98. The first kappa shape index (κ1) is 192. The molecule has 0 aromatic heterocycles. The Morgan fingerprint density at radius 1 is 0.242 bits per heavy atom. The summed E-state index contributed by atoms with van der Waals surface area (Å²) in [6.07, 6.45) is 1.89. The summed E-state index contributed by atoms with van der Waals surface area (Å²) < 4.78 is 0. The Kier molecular flexibility index (Phi) is 479. The van der Waals surface area contributed by atoms with Crippen molar-refractivity contribution in [2.75, 3.05) is 14.2 Å². The van der Waals surface area contributed by atoms with Crippen LogP contribution in [-0.4, -0.2) is 182 Å². The number of carbonyl (C=O) groups excluding carboxylic acids is 4. The predicted molar refractivity (Wildman–Crippen MR) is 398 cm³/mol. The molecule has 0 rings (SSSR count). The zero-order valence-electron chi connectivity index (χ0n) is 66.0. The van der Waals surface area contributed by atoms with Gasteiger partial charge in [0.25, 0.3) is 0 Å². The van der Waals surface area contributed by atoms with Gasteiger partial charge in [0.2, 0.25) is 0 Å². The Balaban J connectivity index is -0.0000000167. The fourth-order valence-corrected chi connectivity index (χ4v) is 3.35. The smallest absolute Gasteiger partial charge is 0.0536 e. The summed E-state index contributed by atoms with van der Waals surface area (Å²) in [7, 11) is 2.00. The number of hydrogen-bond acceptors (Lipinski definition) is 18. The molecule has 12 atom stereocenters.